The summed E-state index contributed by atoms with van der Waals surface area (Å²) in [6.45, 7) is 3.72. The third kappa shape index (κ3) is 9.16. The smallest absolute Gasteiger partial charge is 0.414 e. The second kappa shape index (κ2) is 16.6. The number of halogens is 2. The van der Waals surface area contributed by atoms with Crippen LogP contribution in [0.4, 0.5) is 34.5 Å². The first kappa shape index (κ1) is 38.2. The molecule has 0 saturated carbocycles. The Labute approximate surface area is 315 Å². The fraction of sp³-hybridized carbons (Fsp3) is 0.256. The van der Waals surface area contributed by atoms with Crippen molar-refractivity contribution in [2.24, 2.45) is 5.84 Å². The number of rotatable bonds is 12. The van der Waals surface area contributed by atoms with Gasteiger partial charge in [0.1, 0.15) is 23.8 Å². The minimum Gasteiger partial charge on any atom is -0.442 e. The van der Waals surface area contributed by atoms with E-state index in [2.05, 4.69) is 16.1 Å². The van der Waals surface area contributed by atoms with Crippen LogP contribution in [0.2, 0.25) is 0 Å². The lowest BCUT2D eigenvalue weighted by molar-refractivity contribution is -0.120. The zero-order valence-corrected chi connectivity index (χ0v) is 30.0. The summed E-state index contributed by atoms with van der Waals surface area (Å²) in [5.41, 5.74) is 6.10. The Bertz CT molecular complexity index is 1960. The van der Waals surface area contributed by atoms with Gasteiger partial charge in [0.15, 0.2) is 0 Å². The molecule has 286 valence electrons. The number of hydrogen-bond donors (Lipinski definition) is 4. The predicted molar refractivity (Wildman–Crippen MR) is 198 cm³/mol. The monoisotopic (exact) mass is 755 g/mol. The zero-order chi connectivity index (χ0) is 39.2. The van der Waals surface area contributed by atoms with E-state index in [1.807, 2.05) is 0 Å². The van der Waals surface area contributed by atoms with Crippen LogP contribution in [-0.2, 0) is 32.2 Å². The number of benzene rings is 4. The molecule has 2 aliphatic rings. The summed E-state index contributed by atoms with van der Waals surface area (Å²) >= 11 is 0. The summed E-state index contributed by atoms with van der Waals surface area (Å²) in [6.07, 6.45) is -2.36. The number of amides is 6. The lowest BCUT2D eigenvalue weighted by Crippen LogP contribution is -2.42. The summed E-state index contributed by atoms with van der Waals surface area (Å²) in [5, 5.41) is 5.21. The van der Waals surface area contributed by atoms with Crippen LogP contribution < -0.4 is 31.7 Å². The fourth-order valence-electron chi connectivity index (χ4n) is 6.32. The second-order valence-electron chi connectivity index (χ2n) is 13.1. The zero-order valence-electron chi connectivity index (χ0n) is 30.0. The van der Waals surface area contributed by atoms with Gasteiger partial charge >= 0.3 is 18.2 Å². The fourth-order valence-corrected chi connectivity index (χ4v) is 6.32. The van der Waals surface area contributed by atoms with Gasteiger partial charge in [-0.15, -0.1) is 0 Å². The molecule has 14 nitrogen and oxygen atoms in total. The summed E-state index contributed by atoms with van der Waals surface area (Å²) in [5.74, 6) is 3.91. The molecular formula is C39H39F2N7O7. The molecule has 55 heavy (non-hydrogen) atoms. The van der Waals surface area contributed by atoms with Gasteiger partial charge in [-0.1, -0.05) is 48.5 Å². The second-order valence-corrected chi connectivity index (χ2v) is 13.1. The quantitative estimate of drug-likeness (QED) is 0.0906. The SMILES string of the molecule is CC(=O)NC[C@H]1CN(c2ccc(-c3ccc(CN(Cc4ccc(-c5ccc(N6C[C@H](CNC(C)=O)OC6=O)cc5F)cc4)C(=O)NN)cc3)c(F)c2)C(=O)O1. The van der Waals surface area contributed by atoms with Gasteiger partial charge in [0.05, 0.1) is 37.6 Å². The molecule has 16 heteroatoms. The third-order valence-corrected chi connectivity index (χ3v) is 9.12. The number of cyclic esters (lactones) is 2. The molecule has 2 fully saturated rings. The van der Waals surface area contributed by atoms with Crippen LogP contribution >= 0.6 is 0 Å². The van der Waals surface area contributed by atoms with Gasteiger partial charge in [-0.2, -0.15) is 0 Å². The number of urea groups is 1. The molecule has 0 unspecified atom stereocenters. The molecule has 2 aliphatic heterocycles. The van der Waals surface area contributed by atoms with Gasteiger partial charge in [0, 0.05) is 38.1 Å². The molecule has 6 rings (SSSR count). The van der Waals surface area contributed by atoms with E-state index in [0.717, 1.165) is 11.1 Å². The lowest BCUT2D eigenvalue weighted by Gasteiger charge is -2.22. The normalized spacial score (nSPS) is 16.4. The van der Waals surface area contributed by atoms with Crippen LogP contribution in [0.1, 0.15) is 25.0 Å². The van der Waals surface area contributed by atoms with Crippen molar-refractivity contribution >= 4 is 41.4 Å². The van der Waals surface area contributed by atoms with Crippen LogP contribution in [-0.4, -0.2) is 73.3 Å². The average Bonchev–Trinajstić information content (AvgIpc) is 3.74. The van der Waals surface area contributed by atoms with Crippen LogP contribution in [0.3, 0.4) is 0 Å². The minimum absolute atomic E-state index is 0.158. The number of nitrogens with zero attached hydrogens (tertiary/aromatic N) is 3. The van der Waals surface area contributed by atoms with Crippen LogP contribution in [0.15, 0.2) is 84.9 Å². The van der Waals surface area contributed by atoms with E-state index in [0.29, 0.717) is 33.6 Å². The highest BCUT2D eigenvalue weighted by atomic mass is 19.1. The van der Waals surface area contributed by atoms with E-state index in [1.54, 1.807) is 72.8 Å². The molecule has 0 spiro atoms. The molecule has 2 saturated heterocycles. The number of ether oxygens (including phenoxy) is 2. The van der Waals surface area contributed by atoms with Crippen molar-refractivity contribution in [3.63, 3.8) is 0 Å². The maximum atomic E-state index is 15.3. The van der Waals surface area contributed by atoms with Crippen molar-refractivity contribution in [1.29, 1.82) is 0 Å². The highest BCUT2D eigenvalue weighted by Crippen LogP contribution is 2.31. The highest BCUT2D eigenvalue weighted by molar-refractivity contribution is 5.91. The van der Waals surface area contributed by atoms with Crippen molar-refractivity contribution in [3.05, 3.63) is 108 Å². The summed E-state index contributed by atoms with van der Waals surface area (Å²) in [4.78, 5) is 64.0. The lowest BCUT2D eigenvalue weighted by atomic mass is 10.0. The Morgan fingerprint density at radius 2 is 1.09 bits per heavy atom. The summed E-state index contributed by atoms with van der Waals surface area (Å²) in [6, 6.07) is 22.3. The number of carbonyl (C=O) groups excluding carboxylic acids is 5. The first-order valence-electron chi connectivity index (χ1n) is 17.4. The topological polar surface area (TPSA) is 176 Å². The van der Waals surface area contributed by atoms with Gasteiger partial charge in [0.25, 0.3) is 0 Å². The van der Waals surface area contributed by atoms with E-state index < -0.39 is 42.1 Å². The Morgan fingerprint density at radius 3 is 1.44 bits per heavy atom. The van der Waals surface area contributed by atoms with Gasteiger partial charge in [-0.3, -0.25) is 24.8 Å². The molecule has 4 aromatic carbocycles. The molecule has 0 radical (unpaired) electrons. The van der Waals surface area contributed by atoms with Gasteiger partial charge in [-0.25, -0.2) is 29.0 Å². The number of nitrogens with one attached hydrogen (secondary N) is 3. The average molecular weight is 756 g/mol. The molecule has 6 amide bonds. The minimum atomic E-state index is -0.627. The molecule has 0 bridgehead atoms. The molecule has 0 aliphatic carbocycles. The Morgan fingerprint density at radius 1 is 0.691 bits per heavy atom. The van der Waals surface area contributed by atoms with Crippen molar-refractivity contribution in [2.45, 2.75) is 39.1 Å². The number of hydrogen-bond acceptors (Lipinski definition) is 8. The maximum Gasteiger partial charge on any atom is 0.414 e. The Kier molecular flexibility index (Phi) is 11.5. The van der Waals surface area contributed by atoms with Crippen LogP contribution in [0, 0.1) is 11.6 Å². The van der Waals surface area contributed by atoms with Gasteiger partial charge in [-0.05, 0) is 58.7 Å². The molecular weight excluding hydrogens is 716 g/mol. The van der Waals surface area contributed by atoms with Crippen molar-refractivity contribution in [3.8, 4) is 22.3 Å². The number of nitrogens with two attached hydrogens (primary N) is 1. The van der Waals surface area contributed by atoms with Crippen molar-refractivity contribution < 1.29 is 42.2 Å². The number of carbonyl (C=O) groups is 5. The molecule has 2 heterocycles. The summed E-state index contributed by atoms with van der Waals surface area (Å²) < 4.78 is 41.2. The maximum absolute atomic E-state index is 15.3. The largest absolute Gasteiger partial charge is 0.442 e. The van der Waals surface area contributed by atoms with E-state index in [9.17, 15) is 24.0 Å². The van der Waals surface area contributed by atoms with Crippen molar-refractivity contribution in [2.75, 3.05) is 36.0 Å². The first-order chi connectivity index (χ1) is 26.4. The first-order valence-corrected chi connectivity index (χ1v) is 17.4. The number of hydrazine groups is 1. The summed E-state index contributed by atoms with van der Waals surface area (Å²) in [7, 11) is 0. The van der Waals surface area contributed by atoms with Gasteiger partial charge < -0.3 is 25.0 Å². The third-order valence-electron chi connectivity index (χ3n) is 9.12. The van der Waals surface area contributed by atoms with E-state index >= 15 is 8.78 Å². The Balaban J connectivity index is 1.08. The molecule has 5 N–H and O–H groups in total. The predicted octanol–water partition coefficient (Wildman–Crippen LogP) is 4.81. The van der Waals surface area contributed by atoms with Crippen LogP contribution in [0.25, 0.3) is 22.3 Å². The standard InChI is InChI=1S/C39H39F2N7O7/c1-23(49)43-17-31-21-47(38(52)54-31)29-11-13-33(35(40)15-29)27-7-3-25(4-8-27)19-46(37(51)45-42)20-26-5-9-28(10-6-26)34-14-12-30(16-36(34)41)48-22-32(55-39(48)53)18-44-24(2)50/h3-16,31-32H,17-22,42H2,1-2H3,(H,43,49)(H,44,50)(H,45,51)/t31-,32-/m0/s1. The molecule has 0 aromatic heterocycles. The van der Waals surface area contributed by atoms with Gasteiger partial charge in [0.2, 0.25) is 11.8 Å². The van der Waals surface area contributed by atoms with E-state index in [4.69, 9.17) is 15.3 Å². The van der Waals surface area contributed by atoms with E-state index in [-0.39, 0.29) is 51.1 Å². The molecule has 4 aromatic rings. The van der Waals surface area contributed by atoms with E-state index in [1.165, 1.54) is 40.7 Å². The van der Waals surface area contributed by atoms with Crippen molar-refractivity contribution in [1.82, 2.24) is 21.0 Å². The molecule has 2 atom stereocenters. The number of anilines is 2. The Hall–Kier alpha value is -6.55. The highest BCUT2D eigenvalue weighted by Gasteiger charge is 2.34. The van der Waals surface area contributed by atoms with Crippen LogP contribution in [0.5, 0.6) is 0 Å².